The van der Waals surface area contributed by atoms with Crippen molar-refractivity contribution in [3.05, 3.63) is 29.8 Å². The Labute approximate surface area is 111 Å². The average molecular weight is 260 g/mol. The molecule has 5 nitrogen and oxygen atoms in total. The Bertz CT molecular complexity index is 512. The van der Waals surface area contributed by atoms with E-state index in [0.717, 1.165) is 18.7 Å². The molecule has 0 saturated carbocycles. The van der Waals surface area contributed by atoms with E-state index in [1.165, 1.54) is 6.92 Å². The summed E-state index contributed by atoms with van der Waals surface area (Å²) < 4.78 is 5.37. The summed E-state index contributed by atoms with van der Waals surface area (Å²) in [4.78, 5) is 24.9. The van der Waals surface area contributed by atoms with Crippen LogP contribution in [-0.4, -0.2) is 37.1 Å². The van der Waals surface area contributed by atoms with Crippen LogP contribution in [0.15, 0.2) is 24.3 Å². The Kier molecular flexibility index (Phi) is 2.98. The molecule has 2 saturated heterocycles. The van der Waals surface area contributed by atoms with Crippen molar-refractivity contribution in [1.29, 1.82) is 0 Å². The number of ether oxygens (including phenoxy) is 1. The molecule has 0 aromatic heterocycles. The van der Waals surface area contributed by atoms with Gasteiger partial charge in [0.1, 0.15) is 6.10 Å². The van der Waals surface area contributed by atoms with Crippen molar-refractivity contribution in [2.75, 3.05) is 18.0 Å². The van der Waals surface area contributed by atoms with Crippen LogP contribution in [0.4, 0.5) is 10.5 Å². The van der Waals surface area contributed by atoms with Crippen LogP contribution in [-0.2, 0) is 4.74 Å². The van der Waals surface area contributed by atoms with E-state index >= 15 is 0 Å². The number of amides is 1. The maximum Gasteiger partial charge on any atom is 0.415 e. The third kappa shape index (κ3) is 2.10. The molecule has 5 heteroatoms. The third-order valence-corrected chi connectivity index (χ3v) is 3.72. The molecule has 2 heterocycles. The number of carbonyl (C=O) groups excluding carboxylic acids is 2. The van der Waals surface area contributed by atoms with Crippen LogP contribution < -0.4 is 10.2 Å². The van der Waals surface area contributed by atoms with Crippen LogP contribution in [0.25, 0.3) is 0 Å². The van der Waals surface area contributed by atoms with Crippen LogP contribution in [0.1, 0.15) is 23.7 Å². The van der Waals surface area contributed by atoms with Gasteiger partial charge in [-0.2, -0.15) is 0 Å². The Hall–Kier alpha value is -1.88. The van der Waals surface area contributed by atoms with Gasteiger partial charge in [0.25, 0.3) is 0 Å². The highest BCUT2D eigenvalue weighted by molar-refractivity contribution is 5.95. The van der Waals surface area contributed by atoms with E-state index in [9.17, 15) is 9.59 Å². The van der Waals surface area contributed by atoms with Gasteiger partial charge in [-0.05, 0) is 44.2 Å². The van der Waals surface area contributed by atoms with Gasteiger partial charge in [0.2, 0.25) is 0 Å². The van der Waals surface area contributed by atoms with Crippen molar-refractivity contribution in [2.45, 2.75) is 25.5 Å². The lowest BCUT2D eigenvalue weighted by molar-refractivity contribution is 0.101. The molecule has 2 aliphatic heterocycles. The van der Waals surface area contributed by atoms with E-state index in [1.54, 1.807) is 17.0 Å². The molecule has 2 unspecified atom stereocenters. The minimum absolute atomic E-state index is 0.0234. The Morgan fingerprint density at radius 3 is 2.79 bits per heavy atom. The summed E-state index contributed by atoms with van der Waals surface area (Å²) in [5.74, 6) is 0.0234. The van der Waals surface area contributed by atoms with Gasteiger partial charge in [0.05, 0.1) is 6.04 Å². The van der Waals surface area contributed by atoms with Crippen molar-refractivity contribution in [2.24, 2.45) is 0 Å². The van der Waals surface area contributed by atoms with Gasteiger partial charge in [-0.3, -0.25) is 9.69 Å². The standard InChI is InChI=1S/C14H16N2O3/c1-9(17)10-2-4-11(5-3-10)16-12-6-7-15-8-13(12)19-14(16)18/h2-5,12-13,15H,6-8H2,1H3. The third-order valence-electron chi connectivity index (χ3n) is 3.72. The van der Waals surface area contributed by atoms with Gasteiger partial charge in [-0.15, -0.1) is 0 Å². The van der Waals surface area contributed by atoms with Crippen LogP contribution in [0.3, 0.4) is 0 Å². The zero-order valence-electron chi connectivity index (χ0n) is 10.8. The lowest BCUT2D eigenvalue weighted by atomic mass is 10.0. The summed E-state index contributed by atoms with van der Waals surface area (Å²) in [6.45, 7) is 3.13. The summed E-state index contributed by atoms with van der Waals surface area (Å²) in [5, 5.41) is 3.22. The smallest absolute Gasteiger partial charge is 0.415 e. The molecule has 1 aromatic carbocycles. The molecular weight excluding hydrogens is 244 g/mol. The minimum atomic E-state index is -0.297. The van der Waals surface area contributed by atoms with Crippen molar-refractivity contribution in [3.63, 3.8) is 0 Å². The molecular formula is C14H16N2O3. The molecule has 100 valence electrons. The number of hydrogen-bond acceptors (Lipinski definition) is 4. The maximum atomic E-state index is 12.0. The van der Waals surface area contributed by atoms with E-state index in [-0.39, 0.29) is 24.0 Å². The van der Waals surface area contributed by atoms with Gasteiger partial charge in [0, 0.05) is 17.8 Å². The number of nitrogens with one attached hydrogen (secondary N) is 1. The largest absolute Gasteiger partial charge is 0.442 e. The van der Waals surface area contributed by atoms with Crippen molar-refractivity contribution < 1.29 is 14.3 Å². The van der Waals surface area contributed by atoms with Crippen LogP contribution in [0, 0.1) is 0 Å². The first-order chi connectivity index (χ1) is 9.16. The fourth-order valence-electron chi connectivity index (χ4n) is 2.71. The van der Waals surface area contributed by atoms with Gasteiger partial charge in [0.15, 0.2) is 5.78 Å². The zero-order chi connectivity index (χ0) is 13.4. The van der Waals surface area contributed by atoms with E-state index < -0.39 is 0 Å². The van der Waals surface area contributed by atoms with Crippen molar-refractivity contribution >= 4 is 17.6 Å². The molecule has 19 heavy (non-hydrogen) atoms. The second kappa shape index (κ2) is 4.66. The quantitative estimate of drug-likeness (QED) is 0.820. The minimum Gasteiger partial charge on any atom is -0.442 e. The Morgan fingerprint density at radius 2 is 2.11 bits per heavy atom. The van der Waals surface area contributed by atoms with Crippen molar-refractivity contribution in [1.82, 2.24) is 5.32 Å². The van der Waals surface area contributed by atoms with Crippen LogP contribution >= 0.6 is 0 Å². The number of piperidine rings is 1. The number of nitrogens with zero attached hydrogens (tertiary/aromatic N) is 1. The van der Waals surface area contributed by atoms with Gasteiger partial charge in [-0.25, -0.2) is 4.79 Å². The Morgan fingerprint density at radius 1 is 1.37 bits per heavy atom. The highest BCUT2D eigenvalue weighted by Gasteiger charge is 2.43. The molecule has 0 radical (unpaired) electrons. The molecule has 2 atom stereocenters. The summed E-state index contributed by atoms with van der Waals surface area (Å²) in [7, 11) is 0. The number of carbonyl (C=O) groups is 2. The lowest BCUT2D eigenvalue weighted by Crippen LogP contribution is -2.47. The molecule has 0 aliphatic carbocycles. The normalized spacial score (nSPS) is 25.9. The first-order valence-electron chi connectivity index (χ1n) is 6.48. The topological polar surface area (TPSA) is 58.6 Å². The maximum absolute atomic E-state index is 12.0. The van der Waals surface area contributed by atoms with Gasteiger partial charge >= 0.3 is 6.09 Å². The monoisotopic (exact) mass is 260 g/mol. The molecule has 1 N–H and O–H groups in total. The van der Waals surface area contributed by atoms with Gasteiger partial charge < -0.3 is 10.1 Å². The van der Waals surface area contributed by atoms with E-state index in [2.05, 4.69) is 5.32 Å². The highest BCUT2D eigenvalue weighted by Crippen LogP contribution is 2.30. The van der Waals surface area contributed by atoms with E-state index in [0.29, 0.717) is 12.1 Å². The molecule has 1 amide bonds. The zero-order valence-corrected chi connectivity index (χ0v) is 10.8. The molecule has 0 spiro atoms. The van der Waals surface area contributed by atoms with Crippen LogP contribution in [0.5, 0.6) is 0 Å². The summed E-state index contributed by atoms with van der Waals surface area (Å²) in [5.41, 5.74) is 1.45. The molecule has 3 rings (SSSR count). The molecule has 2 fully saturated rings. The first kappa shape index (κ1) is 12.2. The molecule has 1 aromatic rings. The summed E-state index contributed by atoms with van der Waals surface area (Å²) in [6.07, 6.45) is 0.508. The molecule has 2 aliphatic rings. The van der Waals surface area contributed by atoms with E-state index in [4.69, 9.17) is 4.74 Å². The number of fused-ring (bicyclic) bond motifs is 1. The average Bonchev–Trinajstić information content (AvgIpc) is 2.74. The number of rotatable bonds is 2. The first-order valence-corrected chi connectivity index (χ1v) is 6.48. The number of ketones is 1. The number of Topliss-reactive ketones (excluding diaryl/α,β-unsaturated/α-hetero) is 1. The Balaban J connectivity index is 1.88. The number of anilines is 1. The predicted molar refractivity (Wildman–Crippen MR) is 70.5 cm³/mol. The fraction of sp³-hybridized carbons (Fsp3) is 0.429. The van der Waals surface area contributed by atoms with Gasteiger partial charge in [-0.1, -0.05) is 0 Å². The van der Waals surface area contributed by atoms with Crippen LogP contribution in [0.2, 0.25) is 0 Å². The number of hydrogen-bond donors (Lipinski definition) is 1. The SMILES string of the molecule is CC(=O)c1ccc(N2C(=O)OC3CNCCC32)cc1. The summed E-state index contributed by atoms with van der Waals surface area (Å²) >= 11 is 0. The lowest BCUT2D eigenvalue weighted by Gasteiger charge is -2.28. The second-order valence-electron chi connectivity index (χ2n) is 4.96. The predicted octanol–water partition coefficient (Wildman–Crippen LogP) is 1.58. The second-order valence-corrected chi connectivity index (χ2v) is 4.96. The molecule has 0 bridgehead atoms. The summed E-state index contributed by atoms with van der Waals surface area (Å²) in [6, 6.07) is 7.21. The van der Waals surface area contributed by atoms with E-state index in [1.807, 2.05) is 12.1 Å². The fourth-order valence-corrected chi connectivity index (χ4v) is 2.71. The number of benzene rings is 1. The highest BCUT2D eigenvalue weighted by atomic mass is 16.6. The van der Waals surface area contributed by atoms with Crippen molar-refractivity contribution in [3.8, 4) is 0 Å².